The molecule has 4 rings (SSSR count). The van der Waals surface area contributed by atoms with Crippen molar-refractivity contribution in [1.29, 1.82) is 0 Å². The Morgan fingerprint density at radius 3 is 2.48 bits per heavy atom. The largest absolute Gasteiger partial charge is 0.504 e. The van der Waals surface area contributed by atoms with Crippen LogP contribution in [0.4, 0.5) is 10.1 Å². The van der Waals surface area contributed by atoms with Crippen molar-refractivity contribution in [2.45, 2.75) is 22.1 Å². The molecule has 0 saturated carbocycles. The van der Waals surface area contributed by atoms with Crippen LogP contribution in [0.2, 0.25) is 0 Å². The summed E-state index contributed by atoms with van der Waals surface area (Å²) in [6.07, 6.45) is 3.29. The first-order valence-electron chi connectivity index (χ1n) is 9.40. The third-order valence-corrected chi connectivity index (χ3v) is 7.25. The van der Waals surface area contributed by atoms with Gasteiger partial charge in [0.2, 0.25) is 0 Å². The van der Waals surface area contributed by atoms with Crippen molar-refractivity contribution < 1.29 is 23.8 Å². The maximum atomic E-state index is 13.7. The highest BCUT2D eigenvalue weighted by Gasteiger charge is 2.73. The number of carbonyl (C=O) groups excluding carboxylic acids is 2. The number of ether oxygens (including phenoxy) is 1. The molecule has 0 spiro atoms. The van der Waals surface area contributed by atoms with Gasteiger partial charge in [-0.05, 0) is 54.0 Å². The number of amides is 2. The van der Waals surface area contributed by atoms with Gasteiger partial charge in [-0.2, -0.15) is 0 Å². The van der Waals surface area contributed by atoms with Gasteiger partial charge in [-0.1, -0.05) is 24.8 Å². The predicted octanol–water partition coefficient (Wildman–Crippen LogP) is 4.67. The average molecular weight is 462 g/mol. The minimum absolute atomic E-state index is 0.00734. The van der Waals surface area contributed by atoms with E-state index in [1.54, 1.807) is 24.3 Å². The Morgan fingerprint density at radius 1 is 1.19 bits per heavy atom. The molecule has 2 aromatic rings. The summed E-state index contributed by atoms with van der Waals surface area (Å²) in [7, 11) is 1.40. The summed E-state index contributed by atoms with van der Waals surface area (Å²) in [5, 5.41) is 9.99. The SMILES string of the molecule is C=CC1=CCC2(Cl)C(=O)N(c3ccc(F)cc3)C(=O)C2(Cl)C1c1ccc(O)c(OC)c1. The van der Waals surface area contributed by atoms with Crippen LogP contribution in [0.3, 0.4) is 0 Å². The number of imide groups is 1. The lowest BCUT2D eigenvalue weighted by Gasteiger charge is -2.42. The molecule has 1 N–H and O–H groups in total. The van der Waals surface area contributed by atoms with Gasteiger partial charge in [0.25, 0.3) is 11.8 Å². The molecule has 3 atom stereocenters. The highest BCUT2D eigenvalue weighted by Crippen LogP contribution is 2.60. The minimum atomic E-state index is -1.89. The topological polar surface area (TPSA) is 66.8 Å². The quantitative estimate of drug-likeness (QED) is 0.530. The second-order valence-electron chi connectivity index (χ2n) is 7.41. The molecule has 2 amide bonds. The molecule has 0 radical (unpaired) electrons. The molecular formula is C23H18Cl2FNO4. The van der Waals surface area contributed by atoms with Crippen molar-refractivity contribution in [3.8, 4) is 11.5 Å². The molecule has 5 nitrogen and oxygen atoms in total. The zero-order valence-corrected chi connectivity index (χ0v) is 18.0. The maximum Gasteiger partial charge on any atom is 0.258 e. The summed E-state index contributed by atoms with van der Waals surface area (Å²) < 4.78 is 18.6. The lowest BCUT2D eigenvalue weighted by atomic mass is 9.68. The van der Waals surface area contributed by atoms with Crippen LogP contribution in [0.25, 0.3) is 0 Å². The molecule has 3 unspecified atom stereocenters. The van der Waals surface area contributed by atoms with Gasteiger partial charge in [-0.25, -0.2) is 9.29 Å². The van der Waals surface area contributed by atoms with Crippen molar-refractivity contribution in [1.82, 2.24) is 0 Å². The zero-order chi connectivity index (χ0) is 22.6. The van der Waals surface area contributed by atoms with Gasteiger partial charge in [0.1, 0.15) is 5.82 Å². The predicted molar refractivity (Wildman–Crippen MR) is 116 cm³/mol. The number of carbonyl (C=O) groups is 2. The monoisotopic (exact) mass is 461 g/mol. The normalized spacial score (nSPS) is 27.7. The van der Waals surface area contributed by atoms with Crippen molar-refractivity contribution >= 4 is 40.7 Å². The lowest BCUT2D eigenvalue weighted by molar-refractivity contribution is -0.122. The fourth-order valence-electron chi connectivity index (χ4n) is 4.27. The van der Waals surface area contributed by atoms with E-state index in [2.05, 4.69) is 6.58 Å². The number of nitrogens with zero attached hydrogens (tertiary/aromatic N) is 1. The number of allylic oxidation sites excluding steroid dienone is 3. The van der Waals surface area contributed by atoms with Crippen molar-refractivity contribution in [2.75, 3.05) is 12.0 Å². The molecule has 2 aliphatic rings. The number of rotatable bonds is 4. The summed E-state index contributed by atoms with van der Waals surface area (Å²) in [5.41, 5.74) is 1.30. The number of halogens is 3. The first-order valence-corrected chi connectivity index (χ1v) is 10.2. The number of anilines is 1. The van der Waals surface area contributed by atoms with E-state index in [0.717, 1.165) is 17.0 Å². The lowest BCUT2D eigenvalue weighted by Crippen LogP contribution is -2.54. The molecule has 160 valence electrons. The van der Waals surface area contributed by atoms with E-state index in [4.69, 9.17) is 27.9 Å². The molecular weight excluding hydrogens is 444 g/mol. The number of methoxy groups -OCH3 is 1. The fourth-order valence-corrected chi connectivity index (χ4v) is 5.12. The van der Waals surface area contributed by atoms with Crippen LogP contribution < -0.4 is 9.64 Å². The second kappa shape index (κ2) is 7.39. The smallest absolute Gasteiger partial charge is 0.258 e. The molecule has 1 aliphatic heterocycles. The van der Waals surface area contributed by atoms with Crippen LogP contribution in [-0.2, 0) is 9.59 Å². The molecule has 8 heteroatoms. The average Bonchev–Trinajstić information content (AvgIpc) is 2.92. The molecule has 1 fully saturated rings. The Hall–Kier alpha value is -2.83. The van der Waals surface area contributed by atoms with E-state index in [-0.39, 0.29) is 23.6 Å². The number of fused-ring (bicyclic) bond motifs is 1. The number of aromatic hydroxyl groups is 1. The van der Waals surface area contributed by atoms with Gasteiger partial charge in [0, 0.05) is 5.92 Å². The third-order valence-electron chi connectivity index (χ3n) is 5.84. The number of phenols is 1. The first-order chi connectivity index (χ1) is 14.7. The van der Waals surface area contributed by atoms with Crippen molar-refractivity contribution in [3.63, 3.8) is 0 Å². The zero-order valence-electron chi connectivity index (χ0n) is 16.4. The van der Waals surface area contributed by atoms with Crippen molar-refractivity contribution in [3.05, 3.63) is 78.1 Å². The Balaban J connectivity index is 1.92. The number of benzene rings is 2. The Labute approximate surface area is 188 Å². The molecule has 0 bridgehead atoms. The molecule has 1 saturated heterocycles. The van der Waals surface area contributed by atoms with Gasteiger partial charge >= 0.3 is 0 Å². The number of hydrogen-bond acceptors (Lipinski definition) is 4. The summed E-state index contributed by atoms with van der Waals surface area (Å²) in [6, 6.07) is 9.49. The van der Waals surface area contributed by atoms with Gasteiger partial charge in [0.15, 0.2) is 21.2 Å². The van der Waals surface area contributed by atoms with E-state index >= 15 is 0 Å². The standard InChI is InChI=1S/C23H18Cl2FNO4/c1-3-13-10-11-22(24)20(29)27(16-7-5-15(26)6-8-16)21(30)23(22,25)19(13)14-4-9-17(28)18(12-14)31-2/h3-10,12,19,28H,1,11H2,2H3. The van der Waals surface area contributed by atoms with Gasteiger partial charge in [-0.3, -0.25) is 9.59 Å². The van der Waals surface area contributed by atoms with Gasteiger partial charge < -0.3 is 9.84 Å². The molecule has 31 heavy (non-hydrogen) atoms. The van der Waals surface area contributed by atoms with Crippen LogP contribution >= 0.6 is 23.2 Å². The van der Waals surface area contributed by atoms with Crippen LogP contribution in [-0.4, -0.2) is 33.8 Å². The highest BCUT2D eigenvalue weighted by atomic mass is 35.5. The molecule has 1 aliphatic carbocycles. The molecule has 2 aromatic carbocycles. The van der Waals surface area contributed by atoms with E-state index in [1.165, 1.54) is 25.3 Å². The number of phenolic OH excluding ortho intramolecular Hbond substituents is 1. The van der Waals surface area contributed by atoms with Gasteiger partial charge in [-0.15, -0.1) is 23.2 Å². The van der Waals surface area contributed by atoms with Crippen LogP contribution in [0.15, 0.2) is 66.8 Å². The summed E-state index contributed by atoms with van der Waals surface area (Å²) >= 11 is 13.9. The Morgan fingerprint density at radius 2 is 1.87 bits per heavy atom. The summed E-state index contributed by atoms with van der Waals surface area (Å²) in [5.74, 6) is -2.67. The Kier molecular flexibility index (Phi) is 5.10. The third kappa shape index (κ3) is 2.89. The maximum absolute atomic E-state index is 13.7. The fraction of sp³-hybridized carbons (Fsp3) is 0.217. The van der Waals surface area contributed by atoms with Gasteiger partial charge in [0.05, 0.1) is 12.8 Å². The minimum Gasteiger partial charge on any atom is -0.504 e. The van der Waals surface area contributed by atoms with Crippen LogP contribution in [0, 0.1) is 5.82 Å². The second-order valence-corrected chi connectivity index (χ2v) is 8.65. The highest BCUT2D eigenvalue weighted by molar-refractivity contribution is 6.58. The van der Waals surface area contributed by atoms with Crippen molar-refractivity contribution in [2.24, 2.45) is 0 Å². The Bertz CT molecular complexity index is 1130. The number of hydrogen-bond donors (Lipinski definition) is 1. The van der Waals surface area contributed by atoms with E-state index < -0.39 is 33.3 Å². The molecule has 0 aromatic heterocycles. The van der Waals surface area contributed by atoms with E-state index in [0.29, 0.717) is 11.1 Å². The molecule has 1 heterocycles. The number of alkyl halides is 2. The summed E-state index contributed by atoms with van der Waals surface area (Å²) in [6.45, 7) is 3.82. The van der Waals surface area contributed by atoms with Crippen LogP contribution in [0.5, 0.6) is 11.5 Å². The summed E-state index contributed by atoms with van der Waals surface area (Å²) in [4.78, 5) is 24.3. The van der Waals surface area contributed by atoms with E-state index in [9.17, 15) is 19.1 Å². The van der Waals surface area contributed by atoms with Crippen LogP contribution in [0.1, 0.15) is 17.9 Å². The van der Waals surface area contributed by atoms with E-state index in [1.807, 2.05) is 0 Å². The first kappa shape index (κ1) is 21.4.